The van der Waals surface area contributed by atoms with Crippen molar-refractivity contribution in [2.75, 3.05) is 26.8 Å². The Morgan fingerprint density at radius 2 is 2.09 bits per heavy atom. The summed E-state index contributed by atoms with van der Waals surface area (Å²) in [5, 5.41) is 6.22. The van der Waals surface area contributed by atoms with Crippen LogP contribution in [-0.2, 0) is 11.3 Å². The van der Waals surface area contributed by atoms with E-state index < -0.39 is 5.91 Å². The molecule has 0 saturated heterocycles. The summed E-state index contributed by atoms with van der Waals surface area (Å²) in [5.74, 6) is 1.49. The molecule has 1 aromatic heterocycles. The SMILES string of the molecule is CN=C(NCCOCCC(C)C)NCc1ccc(C(N)=O)o1.I. The number of halogens is 1. The third-order valence-electron chi connectivity index (χ3n) is 2.94. The molecule has 0 aromatic carbocycles. The van der Waals surface area contributed by atoms with Crippen LogP contribution in [0.3, 0.4) is 0 Å². The van der Waals surface area contributed by atoms with Gasteiger partial charge in [0.2, 0.25) is 0 Å². The molecule has 7 nitrogen and oxygen atoms in total. The van der Waals surface area contributed by atoms with Crippen molar-refractivity contribution >= 4 is 35.8 Å². The van der Waals surface area contributed by atoms with Gasteiger partial charge in [0.15, 0.2) is 11.7 Å². The van der Waals surface area contributed by atoms with Gasteiger partial charge in [0.1, 0.15) is 5.76 Å². The molecule has 0 spiro atoms. The quantitative estimate of drug-likeness (QED) is 0.236. The Morgan fingerprint density at radius 3 is 2.65 bits per heavy atom. The van der Waals surface area contributed by atoms with Gasteiger partial charge in [0.05, 0.1) is 13.2 Å². The molecule has 8 heteroatoms. The van der Waals surface area contributed by atoms with Crippen molar-refractivity contribution in [3.63, 3.8) is 0 Å². The minimum absolute atomic E-state index is 0. The van der Waals surface area contributed by atoms with Crippen molar-refractivity contribution in [2.45, 2.75) is 26.8 Å². The molecule has 4 N–H and O–H groups in total. The summed E-state index contributed by atoms with van der Waals surface area (Å²) in [6.07, 6.45) is 1.06. The van der Waals surface area contributed by atoms with Crippen molar-refractivity contribution in [1.82, 2.24) is 10.6 Å². The lowest BCUT2D eigenvalue weighted by Gasteiger charge is -2.11. The molecule has 1 amide bonds. The third kappa shape index (κ3) is 9.44. The zero-order valence-electron chi connectivity index (χ0n) is 13.9. The van der Waals surface area contributed by atoms with Gasteiger partial charge in [0.25, 0.3) is 5.91 Å². The second-order valence-corrected chi connectivity index (χ2v) is 5.28. The zero-order valence-corrected chi connectivity index (χ0v) is 16.3. The first-order valence-corrected chi connectivity index (χ1v) is 7.43. The van der Waals surface area contributed by atoms with Gasteiger partial charge in [-0.25, -0.2) is 0 Å². The number of primary amides is 1. The van der Waals surface area contributed by atoms with E-state index in [-0.39, 0.29) is 29.7 Å². The standard InChI is InChI=1S/C15H26N4O3.HI/c1-11(2)6-8-21-9-7-18-15(17-3)19-10-12-4-5-13(22-12)14(16)20;/h4-5,11H,6-10H2,1-3H3,(H2,16,20)(H2,17,18,19);1H. The van der Waals surface area contributed by atoms with E-state index >= 15 is 0 Å². The number of nitrogens with two attached hydrogens (primary N) is 1. The number of hydrogen-bond acceptors (Lipinski definition) is 4. The van der Waals surface area contributed by atoms with Crippen LogP contribution in [0.5, 0.6) is 0 Å². The molecule has 0 atom stereocenters. The van der Waals surface area contributed by atoms with Crippen LogP contribution in [0.1, 0.15) is 36.6 Å². The molecule has 1 rings (SSSR count). The minimum atomic E-state index is -0.577. The number of nitrogens with zero attached hydrogens (tertiary/aromatic N) is 1. The lowest BCUT2D eigenvalue weighted by atomic mass is 10.1. The maximum Gasteiger partial charge on any atom is 0.284 e. The molecule has 0 unspecified atom stereocenters. The number of ether oxygens (including phenoxy) is 1. The Hall–Kier alpha value is -1.29. The lowest BCUT2D eigenvalue weighted by Crippen LogP contribution is -2.38. The predicted octanol–water partition coefficient (Wildman–Crippen LogP) is 1.72. The maximum atomic E-state index is 10.9. The molecule has 0 aliphatic heterocycles. The Bertz CT molecular complexity index is 489. The van der Waals surface area contributed by atoms with Gasteiger partial charge in [0, 0.05) is 20.2 Å². The van der Waals surface area contributed by atoms with E-state index in [2.05, 4.69) is 29.5 Å². The van der Waals surface area contributed by atoms with Crippen LogP contribution in [0, 0.1) is 5.92 Å². The number of furan rings is 1. The fraction of sp³-hybridized carbons (Fsp3) is 0.600. The smallest absolute Gasteiger partial charge is 0.284 e. The lowest BCUT2D eigenvalue weighted by molar-refractivity contribution is 0.0972. The summed E-state index contributed by atoms with van der Waals surface area (Å²) < 4.78 is 10.8. The molecule has 0 aliphatic carbocycles. The molecule has 1 aromatic rings. The second kappa shape index (κ2) is 12.2. The average Bonchev–Trinajstić information content (AvgIpc) is 2.94. The Morgan fingerprint density at radius 1 is 1.35 bits per heavy atom. The number of carbonyl (C=O) groups excluding carboxylic acids is 1. The fourth-order valence-electron chi connectivity index (χ4n) is 1.66. The Kier molecular flexibility index (Phi) is 11.5. The first-order valence-electron chi connectivity index (χ1n) is 7.43. The molecule has 132 valence electrons. The highest BCUT2D eigenvalue weighted by molar-refractivity contribution is 14.0. The number of carbonyl (C=O) groups is 1. The number of guanidine groups is 1. The number of nitrogens with one attached hydrogen (secondary N) is 2. The largest absolute Gasteiger partial charge is 0.454 e. The van der Waals surface area contributed by atoms with Crippen LogP contribution in [-0.4, -0.2) is 38.7 Å². The summed E-state index contributed by atoms with van der Waals surface area (Å²) >= 11 is 0. The molecule has 0 aliphatic rings. The topological polar surface area (TPSA) is 102 Å². The van der Waals surface area contributed by atoms with E-state index in [1.54, 1.807) is 19.2 Å². The van der Waals surface area contributed by atoms with E-state index in [4.69, 9.17) is 14.9 Å². The summed E-state index contributed by atoms with van der Waals surface area (Å²) in [6.45, 7) is 6.83. The van der Waals surface area contributed by atoms with Crippen LogP contribution in [0.25, 0.3) is 0 Å². The van der Waals surface area contributed by atoms with Gasteiger partial charge < -0.3 is 25.5 Å². The van der Waals surface area contributed by atoms with Gasteiger partial charge >= 0.3 is 0 Å². The van der Waals surface area contributed by atoms with Crippen molar-refractivity contribution in [2.24, 2.45) is 16.6 Å². The molecule has 0 saturated carbocycles. The minimum Gasteiger partial charge on any atom is -0.454 e. The van der Waals surface area contributed by atoms with E-state index in [1.807, 2.05) is 0 Å². The summed E-state index contributed by atoms with van der Waals surface area (Å²) in [6, 6.07) is 3.26. The highest BCUT2D eigenvalue weighted by Gasteiger charge is 2.07. The van der Waals surface area contributed by atoms with Gasteiger partial charge in [-0.3, -0.25) is 9.79 Å². The van der Waals surface area contributed by atoms with Crippen molar-refractivity contribution in [1.29, 1.82) is 0 Å². The van der Waals surface area contributed by atoms with Gasteiger partial charge in [-0.1, -0.05) is 13.8 Å². The monoisotopic (exact) mass is 438 g/mol. The number of hydrogen-bond donors (Lipinski definition) is 3. The van der Waals surface area contributed by atoms with Gasteiger partial charge in [-0.15, -0.1) is 24.0 Å². The summed E-state index contributed by atoms with van der Waals surface area (Å²) in [5.41, 5.74) is 5.13. The van der Waals surface area contributed by atoms with Crippen molar-refractivity contribution in [3.05, 3.63) is 23.7 Å². The molecule has 23 heavy (non-hydrogen) atoms. The van der Waals surface area contributed by atoms with Gasteiger partial charge in [-0.2, -0.15) is 0 Å². The summed E-state index contributed by atoms with van der Waals surface area (Å²) in [4.78, 5) is 15.0. The Labute approximate surface area is 154 Å². The molecule has 0 bridgehead atoms. The highest BCUT2D eigenvalue weighted by atomic mass is 127. The first kappa shape index (κ1) is 21.7. The van der Waals surface area contributed by atoms with Crippen molar-refractivity contribution < 1.29 is 13.9 Å². The highest BCUT2D eigenvalue weighted by Crippen LogP contribution is 2.06. The number of aliphatic imine (C=N–C) groups is 1. The van der Waals surface area contributed by atoms with Crippen LogP contribution < -0.4 is 16.4 Å². The third-order valence-corrected chi connectivity index (χ3v) is 2.94. The predicted molar refractivity (Wildman–Crippen MR) is 101 cm³/mol. The van der Waals surface area contributed by atoms with Crippen LogP contribution in [0.2, 0.25) is 0 Å². The molecular weight excluding hydrogens is 411 g/mol. The van der Waals surface area contributed by atoms with Gasteiger partial charge in [-0.05, 0) is 24.5 Å². The van der Waals surface area contributed by atoms with E-state index in [0.717, 1.165) is 13.0 Å². The van der Waals surface area contributed by atoms with Crippen molar-refractivity contribution in [3.8, 4) is 0 Å². The van der Waals surface area contributed by atoms with E-state index in [1.165, 1.54) is 0 Å². The summed E-state index contributed by atoms with van der Waals surface area (Å²) in [7, 11) is 1.69. The van der Waals surface area contributed by atoms with Crippen LogP contribution in [0.4, 0.5) is 0 Å². The Balaban J connectivity index is 0.00000484. The fourth-order valence-corrected chi connectivity index (χ4v) is 1.66. The van der Waals surface area contributed by atoms with Crippen LogP contribution >= 0.6 is 24.0 Å². The molecule has 1 heterocycles. The van der Waals surface area contributed by atoms with E-state index in [0.29, 0.717) is 37.3 Å². The number of amides is 1. The number of rotatable bonds is 9. The molecule has 0 radical (unpaired) electrons. The van der Waals surface area contributed by atoms with E-state index in [9.17, 15) is 4.79 Å². The normalized spacial score (nSPS) is 11.2. The average molecular weight is 438 g/mol. The molecule has 0 fully saturated rings. The zero-order chi connectivity index (χ0) is 16.4. The van der Waals surface area contributed by atoms with Crippen LogP contribution in [0.15, 0.2) is 21.5 Å². The first-order chi connectivity index (χ1) is 10.5. The maximum absolute atomic E-state index is 10.9. The molecular formula is C15H27IN4O3. The second-order valence-electron chi connectivity index (χ2n) is 5.28.